The van der Waals surface area contributed by atoms with Gasteiger partial charge in [-0.3, -0.25) is 4.79 Å². The number of nitrogens with zero attached hydrogens (tertiary/aromatic N) is 1. The summed E-state index contributed by atoms with van der Waals surface area (Å²) < 4.78 is 2.11. The third-order valence-corrected chi connectivity index (χ3v) is 4.30. The number of carbonyl (C=O) groups excluding carboxylic acids is 1. The fourth-order valence-corrected chi connectivity index (χ4v) is 2.95. The first-order chi connectivity index (χ1) is 8.65. The van der Waals surface area contributed by atoms with Crippen LogP contribution in [0.5, 0.6) is 0 Å². The molecule has 1 unspecified atom stereocenters. The number of ketones is 1. The van der Waals surface area contributed by atoms with Gasteiger partial charge in [0.2, 0.25) is 17.3 Å². The summed E-state index contributed by atoms with van der Waals surface area (Å²) in [5, 5.41) is 0. The highest BCUT2D eigenvalue weighted by Crippen LogP contribution is 2.17. The average Bonchev–Trinajstić information content (AvgIpc) is 2.73. The van der Waals surface area contributed by atoms with Gasteiger partial charge >= 0.3 is 0 Å². The second-order valence-electron chi connectivity index (χ2n) is 4.43. The molecule has 0 N–H and O–H groups in total. The summed E-state index contributed by atoms with van der Waals surface area (Å²) in [6, 6.07) is 9.45. The van der Waals surface area contributed by atoms with E-state index in [-0.39, 0.29) is 11.8 Å². The lowest BCUT2D eigenvalue weighted by molar-refractivity contribution is -0.709. The van der Waals surface area contributed by atoms with Crippen LogP contribution in [0.25, 0.3) is 0 Å². The zero-order chi connectivity index (χ0) is 13.1. The van der Waals surface area contributed by atoms with E-state index in [0.717, 1.165) is 12.0 Å². The van der Waals surface area contributed by atoms with Crippen LogP contribution in [0.1, 0.15) is 40.3 Å². The molecule has 1 aromatic carbocycles. The second kappa shape index (κ2) is 5.44. The highest BCUT2D eigenvalue weighted by atomic mass is 32.1. The Kier molecular flexibility index (Phi) is 3.92. The van der Waals surface area contributed by atoms with Crippen molar-refractivity contribution >= 4 is 17.1 Å². The van der Waals surface area contributed by atoms with Crippen molar-refractivity contribution in [3.63, 3.8) is 0 Å². The average molecular weight is 260 g/mol. The summed E-state index contributed by atoms with van der Waals surface area (Å²) in [6.07, 6.45) is 0.815. The molecule has 0 bridgehead atoms. The molecule has 0 radical (unpaired) electrons. The Labute approximate surface area is 112 Å². The van der Waals surface area contributed by atoms with Crippen LogP contribution < -0.4 is 4.57 Å². The van der Waals surface area contributed by atoms with Gasteiger partial charge < -0.3 is 0 Å². The number of aryl methyl sites for hydroxylation is 1. The maximum absolute atomic E-state index is 12.5. The van der Waals surface area contributed by atoms with Crippen molar-refractivity contribution < 1.29 is 9.36 Å². The fourth-order valence-electron chi connectivity index (χ4n) is 2.09. The Balaban J connectivity index is 2.35. The van der Waals surface area contributed by atoms with Crippen molar-refractivity contribution in [2.24, 2.45) is 0 Å². The van der Waals surface area contributed by atoms with Crippen molar-refractivity contribution in [3.8, 4) is 0 Å². The molecule has 2 nitrogen and oxygen atoms in total. The first kappa shape index (κ1) is 13.0. The van der Waals surface area contributed by atoms with Crippen LogP contribution in [0, 0.1) is 13.8 Å². The van der Waals surface area contributed by atoms with Crippen molar-refractivity contribution in [1.82, 2.24) is 0 Å². The lowest BCUT2D eigenvalue weighted by atomic mass is 10.0. The SMILES string of the molecule is CCC(C(=O)c1ccccc1)[n+]1csc(C)c1C. The normalized spacial score (nSPS) is 12.4. The molecule has 1 heterocycles. The molecule has 1 atom stereocenters. The van der Waals surface area contributed by atoms with E-state index in [0.29, 0.717) is 0 Å². The highest BCUT2D eigenvalue weighted by molar-refractivity contribution is 7.09. The van der Waals surface area contributed by atoms with Gasteiger partial charge in [-0.15, -0.1) is 0 Å². The van der Waals surface area contributed by atoms with Gasteiger partial charge in [0.15, 0.2) is 5.69 Å². The molecule has 0 aliphatic carbocycles. The topological polar surface area (TPSA) is 20.9 Å². The van der Waals surface area contributed by atoms with Crippen molar-refractivity contribution in [2.75, 3.05) is 0 Å². The second-order valence-corrected chi connectivity index (χ2v) is 5.49. The minimum absolute atomic E-state index is 0.0858. The lowest BCUT2D eigenvalue weighted by Gasteiger charge is -2.09. The van der Waals surface area contributed by atoms with Gasteiger partial charge in [-0.05, 0) is 6.92 Å². The van der Waals surface area contributed by atoms with E-state index < -0.39 is 0 Å². The van der Waals surface area contributed by atoms with Gasteiger partial charge in [-0.1, -0.05) is 48.6 Å². The Hall–Kier alpha value is -1.48. The minimum atomic E-state index is -0.0858. The van der Waals surface area contributed by atoms with Gasteiger partial charge in [0.25, 0.3) is 0 Å². The standard InChI is InChI=1S/C15H18NOS/c1-4-14(16-10-18-12(3)11(16)2)15(17)13-8-6-5-7-9-13/h5-10,14H,4H2,1-3H3/q+1. The molecule has 0 amide bonds. The summed E-state index contributed by atoms with van der Waals surface area (Å²) in [4.78, 5) is 13.8. The van der Waals surface area contributed by atoms with Crippen LogP contribution in [-0.2, 0) is 0 Å². The van der Waals surface area contributed by atoms with E-state index in [1.807, 2.05) is 30.3 Å². The number of benzene rings is 1. The van der Waals surface area contributed by atoms with Crippen LogP contribution in [-0.4, -0.2) is 5.78 Å². The molecule has 1 aromatic heterocycles. The predicted molar refractivity (Wildman–Crippen MR) is 74.1 cm³/mol. The van der Waals surface area contributed by atoms with Crippen LogP contribution >= 0.6 is 11.3 Å². The highest BCUT2D eigenvalue weighted by Gasteiger charge is 2.29. The van der Waals surface area contributed by atoms with Crippen molar-refractivity contribution in [1.29, 1.82) is 0 Å². The molecule has 94 valence electrons. The third-order valence-electron chi connectivity index (χ3n) is 3.32. The molecule has 0 saturated carbocycles. The number of Topliss-reactive ketones (excluding diaryl/α,β-unsaturated/α-hetero) is 1. The maximum atomic E-state index is 12.5. The number of hydrogen-bond acceptors (Lipinski definition) is 2. The number of hydrogen-bond donors (Lipinski definition) is 0. The Morgan fingerprint density at radius 3 is 2.44 bits per heavy atom. The van der Waals surface area contributed by atoms with Crippen LogP contribution in [0.4, 0.5) is 0 Å². The summed E-state index contributed by atoms with van der Waals surface area (Å²) in [5.74, 6) is 0.198. The molecular weight excluding hydrogens is 242 g/mol. The van der Waals surface area contributed by atoms with Crippen LogP contribution in [0.15, 0.2) is 35.8 Å². The molecule has 0 spiro atoms. The van der Waals surface area contributed by atoms with E-state index in [9.17, 15) is 4.79 Å². The number of thiazole rings is 1. The van der Waals surface area contributed by atoms with Crippen molar-refractivity contribution in [2.45, 2.75) is 33.2 Å². The zero-order valence-corrected chi connectivity index (χ0v) is 11.8. The molecule has 0 saturated heterocycles. The number of carbonyl (C=O) groups is 1. The molecule has 2 rings (SSSR count). The first-order valence-corrected chi connectivity index (χ1v) is 7.08. The predicted octanol–water partition coefficient (Wildman–Crippen LogP) is 3.49. The fraction of sp³-hybridized carbons (Fsp3) is 0.333. The Morgan fingerprint density at radius 1 is 1.28 bits per heavy atom. The van der Waals surface area contributed by atoms with Crippen LogP contribution in [0.2, 0.25) is 0 Å². The van der Waals surface area contributed by atoms with Gasteiger partial charge in [0.05, 0.1) is 4.88 Å². The zero-order valence-electron chi connectivity index (χ0n) is 11.0. The van der Waals surface area contributed by atoms with Gasteiger partial charge in [0.1, 0.15) is 0 Å². The Morgan fingerprint density at radius 2 is 1.94 bits per heavy atom. The Bertz CT molecular complexity index is 545. The van der Waals surface area contributed by atoms with E-state index in [2.05, 4.69) is 30.8 Å². The third kappa shape index (κ3) is 2.36. The van der Waals surface area contributed by atoms with Crippen LogP contribution in [0.3, 0.4) is 0 Å². The van der Waals surface area contributed by atoms with Gasteiger partial charge in [-0.2, -0.15) is 4.57 Å². The van der Waals surface area contributed by atoms with Gasteiger partial charge in [-0.25, -0.2) is 0 Å². The number of aromatic nitrogens is 1. The van der Waals surface area contributed by atoms with E-state index in [1.54, 1.807) is 11.3 Å². The quantitative estimate of drug-likeness (QED) is 0.609. The summed E-state index contributed by atoms with van der Waals surface area (Å²) in [5.41, 5.74) is 4.04. The summed E-state index contributed by atoms with van der Waals surface area (Å²) in [7, 11) is 0. The molecule has 3 heteroatoms. The summed E-state index contributed by atoms with van der Waals surface area (Å²) >= 11 is 1.70. The summed E-state index contributed by atoms with van der Waals surface area (Å²) in [6.45, 7) is 6.23. The van der Waals surface area contributed by atoms with E-state index in [1.165, 1.54) is 10.6 Å². The monoisotopic (exact) mass is 260 g/mol. The molecule has 18 heavy (non-hydrogen) atoms. The molecular formula is C15H18NOS+. The smallest absolute Gasteiger partial charge is 0.230 e. The lowest BCUT2D eigenvalue weighted by Crippen LogP contribution is -2.44. The molecule has 0 aliphatic heterocycles. The van der Waals surface area contributed by atoms with E-state index >= 15 is 0 Å². The maximum Gasteiger partial charge on any atom is 0.230 e. The molecule has 0 fully saturated rings. The molecule has 0 aliphatic rings. The first-order valence-electron chi connectivity index (χ1n) is 6.20. The largest absolute Gasteiger partial charge is 0.287 e. The van der Waals surface area contributed by atoms with Crippen molar-refractivity contribution in [3.05, 3.63) is 52.0 Å². The van der Waals surface area contributed by atoms with E-state index in [4.69, 9.17) is 0 Å². The minimum Gasteiger partial charge on any atom is -0.287 e. The van der Waals surface area contributed by atoms with Gasteiger partial charge in [0, 0.05) is 18.9 Å². The number of rotatable bonds is 4. The molecule has 2 aromatic rings.